The van der Waals surface area contributed by atoms with Crippen molar-refractivity contribution in [2.75, 3.05) is 20.1 Å². The van der Waals surface area contributed by atoms with Gasteiger partial charge in [-0.15, -0.1) is 0 Å². The lowest BCUT2D eigenvalue weighted by atomic mass is 9.92. The van der Waals surface area contributed by atoms with Crippen LogP contribution in [-0.2, 0) is 9.59 Å². The summed E-state index contributed by atoms with van der Waals surface area (Å²) in [4.78, 5) is 35.7. The molecule has 0 spiro atoms. The SMILES string of the molecule is CNC(=O)C(C)(C)CNC(=O)N1C[C@H](O)C[C@H]1C(=O)O. The molecule has 0 radical (unpaired) electrons. The molecule has 1 fully saturated rings. The Hall–Kier alpha value is -1.83. The minimum Gasteiger partial charge on any atom is -0.480 e. The summed E-state index contributed by atoms with van der Waals surface area (Å²) < 4.78 is 0. The molecule has 114 valence electrons. The van der Waals surface area contributed by atoms with E-state index in [1.807, 2.05) is 0 Å². The Morgan fingerprint density at radius 3 is 2.45 bits per heavy atom. The minimum atomic E-state index is -1.15. The first-order chi connectivity index (χ1) is 9.19. The number of carboxylic acid groups (broad SMARTS) is 1. The molecule has 0 aliphatic carbocycles. The molecule has 4 N–H and O–H groups in total. The van der Waals surface area contributed by atoms with Gasteiger partial charge in [-0.1, -0.05) is 0 Å². The Morgan fingerprint density at radius 1 is 1.35 bits per heavy atom. The minimum absolute atomic E-state index is 0.0155. The molecule has 8 nitrogen and oxygen atoms in total. The summed E-state index contributed by atoms with van der Waals surface area (Å²) in [5.41, 5.74) is -0.804. The number of hydrogen-bond donors (Lipinski definition) is 4. The van der Waals surface area contributed by atoms with E-state index >= 15 is 0 Å². The molecule has 3 amide bonds. The predicted octanol–water partition coefficient (Wildman–Crippen LogP) is -1.01. The average Bonchev–Trinajstić information content (AvgIpc) is 2.77. The number of carboxylic acids is 1. The van der Waals surface area contributed by atoms with Gasteiger partial charge in [-0.3, -0.25) is 4.79 Å². The third-order valence-electron chi connectivity index (χ3n) is 3.35. The number of urea groups is 1. The van der Waals surface area contributed by atoms with Crippen LogP contribution in [0.2, 0.25) is 0 Å². The van der Waals surface area contributed by atoms with Gasteiger partial charge < -0.3 is 25.7 Å². The number of nitrogens with zero attached hydrogens (tertiary/aromatic N) is 1. The van der Waals surface area contributed by atoms with E-state index in [-0.39, 0.29) is 25.4 Å². The highest BCUT2D eigenvalue weighted by Gasteiger charge is 2.39. The number of amides is 3. The average molecular weight is 287 g/mol. The van der Waals surface area contributed by atoms with E-state index in [0.29, 0.717) is 0 Å². The summed E-state index contributed by atoms with van der Waals surface area (Å²) in [5.74, 6) is -1.38. The summed E-state index contributed by atoms with van der Waals surface area (Å²) in [6.45, 7) is 3.38. The van der Waals surface area contributed by atoms with Crippen molar-refractivity contribution in [2.45, 2.75) is 32.4 Å². The van der Waals surface area contributed by atoms with Crippen LogP contribution in [0.15, 0.2) is 0 Å². The van der Waals surface area contributed by atoms with Crippen molar-refractivity contribution in [3.8, 4) is 0 Å². The van der Waals surface area contributed by atoms with Crippen molar-refractivity contribution >= 4 is 17.9 Å². The highest BCUT2D eigenvalue weighted by atomic mass is 16.4. The molecular formula is C12H21N3O5. The number of aliphatic hydroxyl groups is 1. The van der Waals surface area contributed by atoms with E-state index in [9.17, 15) is 19.5 Å². The number of nitrogens with one attached hydrogen (secondary N) is 2. The van der Waals surface area contributed by atoms with Crippen LogP contribution >= 0.6 is 0 Å². The fraction of sp³-hybridized carbons (Fsp3) is 0.750. The number of carbonyl (C=O) groups is 3. The molecule has 0 aromatic heterocycles. The summed E-state index contributed by atoms with van der Waals surface area (Å²) in [6.07, 6.45) is -0.824. The van der Waals surface area contributed by atoms with E-state index in [1.165, 1.54) is 7.05 Å². The Kier molecular flexibility index (Phi) is 4.93. The van der Waals surface area contributed by atoms with Gasteiger partial charge in [0.1, 0.15) is 6.04 Å². The van der Waals surface area contributed by atoms with Crippen molar-refractivity contribution in [3.63, 3.8) is 0 Å². The van der Waals surface area contributed by atoms with Gasteiger partial charge in [0, 0.05) is 26.6 Å². The van der Waals surface area contributed by atoms with E-state index in [4.69, 9.17) is 5.11 Å². The summed E-state index contributed by atoms with van der Waals surface area (Å²) in [6, 6.07) is -1.63. The molecular weight excluding hydrogens is 266 g/mol. The van der Waals surface area contributed by atoms with Gasteiger partial charge in [0.05, 0.1) is 11.5 Å². The fourth-order valence-corrected chi connectivity index (χ4v) is 2.09. The number of likely N-dealkylation sites (tertiary alicyclic amines) is 1. The zero-order valence-corrected chi connectivity index (χ0v) is 11.8. The third kappa shape index (κ3) is 3.60. The van der Waals surface area contributed by atoms with Crippen LogP contribution in [0.5, 0.6) is 0 Å². The van der Waals surface area contributed by atoms with Crippen molar-refractivity contribution in [1.82, 2.24) is 15.5 Å². The van der Waals surface area contributed by atoms with Gasteiger partial charge in [0.15, 0.2) is 0 Å². The van der Waals surface area contributed by atoms with E-state index in [1.54, 1.807) is 13.8 Å². The normalized spacial score (nSPS) is 22.5. The van der Waals surface area contributed by atoms with Gasteiger partial charge in [-0.05, 0) is 13.8 Å². The van der Waals surface area contributed by atoms with Crippen LogP contribution in [0.1, 0.15) is 20.3 Å². The third-order valence-corrected chi connectivity index (χ3v) is 3.35. The number of hydrogen-bond acceptors (Lipinski definition) is 4. The first-order valence-electron chi connectivity index (χ1n) is 6.36. The van der Waals surface area contributed by atoms with Gasteiger partial charge in [-0.2, -0.15) is 0 Å². The first-order valence-corrected chi connectivity index (χ1v) is 6.36. The van der Waals surface area contributed by atoms with Gasteiger partial charge in [0.2, 0.25) is 5.91 Å². The first kappa shape index (κ1) is 16.2. The summed E-state index contributed by atoms with van der Waals surface area (Å²) in [5, 5.41) is 23.5. The van der Waals surface area contributed by atoms with Gasteiger partial charge in [-0.25, -0.2) is 9.59 Å². The van der Waals surface area contributed by atoms with Crippen molar-refractivity contribution in [3.05, 3.63) is 0 Å². The molecule has 8 heteroatoms. The zero-order valence-electron chi connectivity index (χ0n) is 11.8. The number of aliphatic hydroxyl groups excluding tert-OH is 1. The topological polar surface area (TPSA) is 119 Å². The van der Waals surface area contributed by atoms with E-state index < -0.39 is 29.6 Å². The number of β-amino-alcohol motifs (C(OH)–C–C–N with tert-alkyl or cyclic N) is 1. The van der Waals surface area contributed by atoms with E-state index in [0.717, 1.165) is 4.90 Å². The standard InChI is InChI=1S/C12H21N3O5/c1-12(2,10(19)13-3)6-14-11(20)15-5-7(16)4-8(15)9(17)18/h7-8,16H,4-6H2,1-3H3,(H,13,19)(H,14,20)(H,17,18)/t7-,8+/m1/s1. The second kappa shape index (κ2) is 6.08. The van der Waals surface area contributed by atoms with E-state index in [2.05, 4.69) is 10.6 Å². The van der Waals surface area contributed by atoms with Gasteiger partial charge in [0.25, 0.3) is 0 Å². The van der Waals surface area contributed by atoms with Crippen LogP contribution in [0.25, 0.3) is 0 Å². The maximum Gasteiger partial charge on any atom is 0.326 e. The Morgan fingerprint density at radius 2 is 1.95 bits per heavy atom. The predicted molar refractivity (Wildman–Crippen MR) is 70.0 cm³/mol. The molecule has 0 saturated carbocycles. The Labute approximate surface area is 117 Å². The molecule has 1 aliphatic rings. The number of carbonyl (C=O) groups excluding carboxylic acids is 2. The lowest BCUT2D eigenvalue weighted by Gasteiger charge is -2.26. The lowest BCUT2D eigenvalue weighted by molar-refractivity contribution is -0.141. The van der Waals surface area contributed by atoms with Crippen LogP contribution in [0, 0.1) is 5.41 Å². The quantitative estimate of drug-likeness (QED) is 0.528. The molecule has 1 heterocycles. The molecule has 0 aromatic carbocycles. The monoisotopic (exact) mass is 287 g/mol. The van der Waals surface area contributed by atoms with Crippen molar-refractivity contribution in [2.24, 2.45) is 5.41 Å². The van der Waals surface area contributed by atoms with Crippen molar-refractivity contribution in [1.29, 1.82) is 0 Å². The second-order valence-corrected chi connectivity index (χ2v) is 5.52. The zero-order chi connectivity index (χ0) is 15.5. The number of aliphatic carboxylic acids is 1. The Balaban J connectivity index is 2.63. The fourth-order valence-electron chi connectivity index (χ4n) is 2.09. The highest BCUT2D eigenvalue weighted by Crippen LogP contribution is 2.19. The lowest BCUT2D eigenvalue weighted by Crippen LogP contribution is -2.50. The van der Waals surface area contributed by atoms with Crippen LogP contribution < -0.4 is 10.6 Å². The van der Waals surface area contributed by atoms with Gasteiger partial charge >= 0.3 is 12.0 Å². The molecule has 0 unspecified atom stereocenters. The maximum atomic E-state index is 12.0. The highest BCUT2D eigenvalue weighted by molar-refractivity contribution is 5.85. The maximum absolute atomic E-state index is 12.0. The molecule has 0 bridgehead atoms. The number of rotatable bonds is 4. The Bertz CT molecular complexity index is 410. The molecule has 1 saturated heterocycles. The molecule has 20 heavy (non-hydrogen) atoms. The largest absolute Gasteiger partial charge is 0.480 e. The van der Waals surface area contributed by atoms with Crippen LogP contribution in [0.3, 0.4) is 0 Å². The van der Waals surface area contributed by atoms with Crippen molar-refractivity contribution < 1.29 is 24.6 Å². The second-order valence-electron chi connectivity index (χ2n) is 5.52. The molecule has 1 aliphatic heterocycles. The smallest absolute Gasteiger partial charge is 0.326 e. The van der Waals surface area contributed by atoms with Crippen LogP contribution in [0.4, 0.5) is 4.79 Å². The molecule has 1 rings (SSSR count). The molecule has 2 atom stereocenters. The summed E-state index contributed by atoms with van der Waals surface area (Å²) >= 11 is 0. The molecule has 0 aromatic rings. The van der Waals surface area contributed by atoms with Crippen LogP contribution in [-0.4, -0.2) is 65.3 Å². The summed E-state index contributed by atoms with van der Waals surface area (Å²) in [7, 11) is 1.50.